The van der Waals surface area contributed by atoms with Crippen molar-refractivity contribution in [1.29, 1.82) is 0 Å². The summed E-state index contributed by atoms with van der Waals surface area (Å²) in [6.07, 6.45) is 0.739. The Morgan fingerprint density at radius 2 is 1.80 bits per heavy atom. The van der Waals surface area contributed by atoms with Gasteiger partial charge in [-0.15, -0.1) is 0 Å². The molecule has 20 heavy (non-hydrogen) atoms. The van der Waals surface area contributed by atoms with Crippen LogP contribution < -0.4 is 9.64 Å². The first-order valence-corrected chi connectivity index (χ1v) is 7.56. The number of anilines is 1. The summed E-state index contributed by atoms with van der Waals surface area (Å²) in [7, 11) is 0. The van der Waals surface area contributed by atoms with Crippen molar-refractivity contribution in [3.8, 4) is 5.75 Å². The number of hydrogen-bond donors (Lipinski definition) is 0. The van der Waals surface area contributed by atoms with Gasteiger partial charge in [0, 0.05) is 38.4 Å². The zero-order valence-corrected chi connectivity index (χ0v) is 12.4. The zero-order valence-electron chi connectivity index (χ0n) is 12.4. The monoisotopic (exact) mass is 276 g/mol. The topological polar surface area (TPSA) is 28.2 Å². The van der Waals surface area contributed by atoms with Crippen molar-refractivity contribution in [3.63, 3.8) is 0 Å². The summed E-state index contributed by atoms with van der Waals surface area (Å²) in [5.41, 5.74) is 1.29. The summed E-state index contributed by atoms with van der Waals surface area (Å²) in [6.45, 7) is 10.6. The van der Waals surface area contributed by atoms with Crippen molar-refractivity contribution < 1.29 is 9.47 Å². The molecule has 0 amide bonds. The smallest absolute Gasteiger partial charge is 0.119 e. The molecule has 2 aliphatic rings. The molecule has 1 aromatic rings. The first-order chi connectivity index (χ1) is 9.70. The van der Waals surface area contributed by atoms with Crippen LogP contribution in [0.15, 0.2) is 24.3 Å². The molecule has 2 fully saturated rings. The lowest BCUT2D eigenvalue weighted by Crippen LogP contribution is -2.47. The molecule has 0 N–H and O–H groups in total. The number of rotatable bonds is 5. The lowest BCUT2D eigenvalue weighted by molar-refractivity contribution is 0.230. The first kappa shape index (κ1) is 13.7. The predicted molar refractivity (Wildman–Crippen MR) is 80.6 cm³/mol. The fourth-order valence-electron chi connectivity index (χ4n) is 2.66. The molecule has 4 heteroatoms. The van der Waals surface area contributed by atoms with Gasteiger partial charge in [-0.1, -0.05) is 0 Å². The van der Waals surface area contributed by atoms with Gasteiger partial charge in [-0.2, -0.15) is 0 Å². The van der Waals surface area contributed by atoms with E-state index in [0.717, 1.165) is 45.1 Å². The largest absolute Gasteiger partial charge is 0.491 e. The second kappa shape index (κ2) is 6.02. The number of nitrogens with zero attached hydrogens (tertiary/aromatic N) is 2. The van der Waals surface area contributed by atoms with Crippen LogP contribution in [0, 0.1) is 0 Å². The number of epoxide rings is 1. The molecule has 2 saturated heterocycles. The summed E-state index contributed by atoms with van der Waals surface area (Å²) in [5.74, 6) is 0.952. The molecule has 1 aromatic carbocycles. The Hall–Kier alpha value is -1.26. The summed E-state index contributed by atoms with van der Waals surface area (Å²) in [4.78, 5) is 4.95. The first-order valence-electron chi connectivity index (χ1n) is 7.56. The maximum Gasteiger partial charge on any atom is 0.119 e. The molecule has 3 rings (SSSR count). The molecule has 2 aliphatic heterocycles. The third-order valence-electron chi connectivity index (χ3n) is 3.81. The van der Waals surface area contributed by atoms with E-state index in [1.807, 2.05) is 0 Å². The average molecular weight is 276 g/mol. The Morgan fingerprint density at radius 1 is 1.15 bits per heavy atom. The van der Waals surface area contributed by atoms with Crippen LogP contribution in [0.3, 0.4) is 0 Å². The second-order valence-corrected chi connectivity index (χ2v) is 5.90. The quantitative estimate of drug-likeness (QED) is 0.769. The summed E-state index contributed by atoms with van der Waals surface area (Å²) < 4.78 is 11.0. The lowest BCUT2D eigenvalue weighted by atomic mass is 10.2. The van der Waals surface area contributed by atoms with Crippen molar-refractivity contribution >= 4 is 5.69 Å². The molecule has 2 heterocycles. The van der Waals surface area contributed by atoms with E-state index in [9.17, 15) is 0 Å². The van der Waals surface area contributed by atoms with Crippen molar-refractivity contribution in [2.45, 2.75) is 26.1 Å². The summed E-state index contributed by atoms with van der Waals surface area (Å²) in [6, 6.07) is 8.47. The van der Waals surface area contributed by atoms with Gasteiger partial charge in [-0.05, 0) is 38.1 Å². The van der Waals surface area contributed by atoms with Gasteiger partial charge in [0.15, 0.2) is 0 Å². The van der Waals surface area contributed by atoms with E-state index in [1.54, 1.807) is 0 Å². The SMILES string of the molecule is CC(C)Oc1ccc(N2CCN(CC3CO3)CC2)cc1. The molecule has 0 saturated carbocycles. The van der Waals surface area contributed by atoms with Crippen LogP contribution in [0.5, 0.6) is 5.75 Å². The predicted octanol–water partition coefficient (Wildman–Crippen LogP) is 1.99. The molecule has 4 nitrogen and oxygen atoms in total. The molecule has 0 aromatic heterocycles. The molecule has 110 valence electrons. The van der Waals surface area contributed by atoms with E-state index >= 15 is 0 Å². The minimum absolute atomic E-state index is 0.231. The molecule has 0 radical (unpaired) electrons. The van der Waals surface area contributed by atoms with E-state index in [0.29, 0.717) is 6.10 Å². The molecule has 1 atom stereocenters. The average Bonchev–Trinajstić information content (AvgIpc) is 3.24. The minimum Gasteiger partial charge on any atom is -0.491 e. The molecule has 0 spiro atoms. The number of hydrogen-bond acceptors (Lipinski definition) is 4. The standard InChI is InChI=1S/C16H24N2O2/c1-13(2)20-15-5-3-14(4-6-15)18-9-7-17(8-10-18)11-16-12-19-16/h3-6,13,16H,7-12H2,1-2H3. The van der Waals surface area contributed by atoms with E-state index in [2.05, 4.69) is 47.9 Å². The highest BCUT2D eigenvalue weighted by atomic mass is 16.6. The van der Waals surface area contributed by atoms with E-state index in [1.165, 1.54) is 5.69 Å². The van der Waals surface area contributed by atoms with Gasteiger partial charge < -0.3 is 14.4 Å². The van der Waals surface area contributed by atoms with Crippen molar-refractivity contribution in [2.24, 2.45) is 0 Å². The maximum atomic E-state index is 5.68. The van der Waals surface area contributed by atoms with Gasteiger partial charge in [0.05, 0.1) is 18.8 Å². The van der Waals surface area contributed by atoms with Gasteiger partial charge in [-0.25, -0.2) is 0 Å². The second-order valence-electron chi connectivity index (χ2n) is 5.90. The van der Waals surface area contributed by atoms with Crippen molar-refractivity contribution in [2.75, 3.05) is 44.2 Å². The van der Waals surface area contributed by atoms with Crippen molar-refractivity contribution in [3.05, 3.63) is 24.3 Å². The van der Waals surface area contributed by atoms with E-state index in [-0.39, 0.29) is 6.10 Å². The van der Waals surface area contributed by atoms with E-state index in [4.69, 9.17) is 9.47 Å². The fourth-order valence-corrected chi connectivity index (χ4v) is 2.66. The van der Waals surface area contributed by atoms with Crippen LogP contribution in [-0.2, 0) is 4.74 Å². The number of benzene rings is 1. The highest BCUT2D eigenvalue weighted by Crippen LogP contribution is 2.22. The Balaban J connectivity index is 1.51. The Kier molecular flexibility index (Phi) is 4.13. The highest BCUT2D eigenvalue weighted by molar-refractivity contribution is 5.49. The molecule has 0 aliphatic carbocycles. The van der Waals surface area contributed by atoms with Crippen molar-refractivity contribution in [1.82, 2.24) is 4.90 Å². The maximum absolute atomic E-state index is 5.68. The van der Waals surface area contributed by atoms with Gasteiger partial charge >= 0.3 is 0 Å². The fraction of sp³-hybridized carbons (Fsp3) is 0.625. The van der Waals surface area contributed by atoms with Gasteiger partial charge in [0.2, 0.25) is 0 Å². The third-order valence-corrected chi connectivity index (χ3v) is 3.81. The molecular formula is C16H24N2O2. The normalized spacial score (nSPS) is 23.1. The van der Waals surface area contributed by atoms with Gasteiger partial charge in [0.1, 0.15) is 5.75 Å². The van der Waals surface area contributed by atoms with Crippen LogP contribution in [0.25, 0.3) is 0 Å². The van der Waals surface area contributed by atoms with Gasteiger partial charge in [0.25, 0.3) is 0 Å². The number of piperazine rings is 1. The van der Waals surface area contributed by atoms with Crippen LogP contribution in [-0.4, -0.2) is 56.4 Å². The Bertz CT molecular complexity index is 421. The van der Waals surface area contributed by atoms with E-state index < -0.39 is 0 Å². The van der Waals surface area contributed by atoms with Crippen LogP contribution >= 0.6 is 0 Å². The summed E-state index contributed by atoms with van der Waals surface area (Å²) in [5, 5.41) is 0. The number of ether oxygens (including phenoxy) is 2. The van der Waals surface area contributed by atoms with Crippen LogP contribution in [0.2, 0.25) is 0 Å². The molecule has 0 bridgehead atoms. The summed E-state index contributed by atoms with van der Waals surface area (Å²) >= 11 is 0. The van der Waals surface area contributed by atoms with Gasteiger partial charge in [-0.3, -0.25) is 4.90 Å². The third kappa shape index (κ3) is 3.64. The lowest BCUT2D eigenvalue weighted by Gasteiger charge is -2.35. The molecule has 1 unspecified atom stereocenters. The van der Waals surface area contributed by atoms with Crippen LogP contribution in [0.4, 0.5) is 5.69 Å². The molecular weight excluding hydrogens is 252 g/mol. The Labute approximate surface area is 121 Å². The van der Waals surface area contributed by atoms with Crippen LogP contribution in [0.1, 0.15) is 13.8 Å². The zero-order chi connectivity index (χ0) is 13.9. The minimum atomic E-state index is 0.231. The Morgan fingerprint density at radius 3 is 2.35 bits per heavy atom. The highest BCUT2D eigenvalue weighted by Gasteiger charge is 2.27.